The quantitative estimate of drug-likeness (QED) is 0.00982. The van der Waals surface area contributed by atoms with Crippen LogP contribution in [0.1, 0.15) is 117 Å². The van der Waals surface area contributed by atoms with Crippen molar-refractivity contribution in [2.75, 3.05) is 32.2 Å². The highest BCUT2D eigenvalue weighted by molar-refractivity contribution is 8.00. The predicted octanol–water partition coefficient (Wildman–Crippen LogP) is 9.76. The summed E-state index contributed by atoms with van der Waals surface area (Å²) in [6, 6.07) is -1.25. The Bertz CT molecular complexity index is 1840. The monoisotopic (exact) mass is 1060 g/mol. The van der Waals surface area contributed by atoms with Crippen LogP contribution in [0.15, 0.2) is 122 Å². The molecule has 0 aromatic carbocycles. The van der Waals surface area contributed by atoms with Crippen molar-refractivity contribution < 1.29 is 76.6 Å². The van der Waals surface area contributed by atoms with Crippen molar-refractivity contribution in [1.82, 2.24) is 0 Å². The van der Waals surface area contributed by atoms with Crippen molar-refractivity contribution in [3.8, 4) is 0 Å². The summed E-state index contributed by atoms with van der Waals surface area (Å²) in [7, 11) is -9.91. The highest BCUT2D eigenvalue weighted by Gasteiger charge is 2.29. The van der Waals surface area contributed by atoms with Gasteiger partial charge in [0.1, 0.15) is 18.8 Å². The largest absolute Gasteiger partial charge is 0.481 e. The standard InChI is InChI=1S/C51H81NO16P2S/c1-3-5-7-9-11-13-15-17-18-19-20-21-22-23-25-27-29-31-33-38-50(57)68-45(42-67-70(62,63)66-40-44(53)39-65-69(59,60)61)41-64-51(58)46(52)43-71-48(47(54)35-34-37-49(55)56)36-32-30-28-26-24-16-14-12-10-8-6-4-2/h5,7,11-14,17-18,20-21,23-26,28-32,36,44-48,53-54H,3-4,6,8-10,15-16,19,22,27,33-35,37-43,52H2,1-2H3,(H,55,56)(H,62,63)(H2,59,60,61)/b7-5-,13-11-,14-12-,18-17-,21-20-,25-23-,26-24-,30-28+,31-29-,36-32+/t44-,45+,46-,47-,48+/m0/s1. The molecular weight excluding hydrogens is 977 g/mol. The fourth-order valence-corrected chi connectivity index (χ4v) is 7.86. The fourth-order valence-electron chi connectivity index (χ4n) is 5.58. The molecule has 0 aliphatic carbocycles. The van der Waals surface area contributed by atoms with Crippen LogP contribution in [-0.4, -0.2) is 110 Å². The fraction of sp³-hybridized carbons (Fsp3) is 0.549. The van der Waals surface area contributed by atoms with Crippen LogP contribution in [0, 0.1) is 0 Å². The number of carbonyl (C=O) groups is 3. The number of thioether (sulfide) groups is 1. The third kappa shape index (κ3) is 45.8. The van der Waals surface area contributed by atoms with Gasteiger partial charge < -0.3 is 45.2 Å². The van der Waals surface area contributed by atoms with Gasteiger partial charge in [-0.15, -0.1) is 11.8 Å². The highest BCUT2D eigenvalue weighted by atomic mass is 32.2. The Balaban J connectivity index is 5.43. The summed E-state index contributed by atoms with van der Waals surface area (Å²) in [5, 5.41) is 29.2. The maximum absolute atomic E-state index is 13.0. The second-order valence-corrected chi connectivity index (χ2v) is 19.8. The van der Waals surface area contributed by atoms with Crippen LogP contribution >= 0.6 is 27.4 Å². The molecule has 0 amide bonds. The number of carboxylic acids is 1. The van der Waals surface area contributed by atoms with Crippen molar-refractivity contribution in [1.29, 1.82) is 0 Å². The molecule has 0 aliphatic rings. The van der Waals surface area contributed by atoms with E-state index in [0.29, 0.717) is 6.42 Å². The van der Waals surface area contributed by atoms with Gasteiger partial charge in [-0.05, 0) is 77.0 Å². The smallest absolute Gasteiger partial charge is 0.472 e. The van der Waals surface area contributed by atoms with Gasteiger partial charge in [0.25, 0.3) is 0 Å². The lowest BCUT2D eigenvalue weighted by Gasteiger charge is -2.22. The molecule has 0 aromatic rings. The van der Waals surface area contributed by atoms with E-state index >= 15 is 0 Å². The zero-order valence-electron chi connectivity index (χ0n) is 41.4. The molecule has 0 saturated carbocycles. The molecule has 17 nitrogen and oxygen atoms in total. The molecule has 0 radical (unpaired) electrons. The minimum atomic E-state index is -4.97. The van der Waals surface area contributed by atoms with E-state index in [0.717, 1.165) is 56.7 Å². The van der Waals surface area contributed by atoms with Gasteiger partial charge in [-0.3, -0.25) is 28.0 Å². The van der Waals surface area contributed by atoms with Crippen molar-refractivity contribution in [3.63, 3.8) is 0 Å². The topological polar surface area (TPSA) is 279 Å². The van der Waals surface area contributed by atoms with Crippen molar-refractivity contribution >= 4 is 45.3 Å². The third-order valence-corrected chi connectivity index (χ3v) is 12.2. The van der Waals surface area contributed by atoms with Crippen LogP contribution < -0.4 is 5.73 Å². The molecule has 0 fully saturated rings. The molecule has 0 aliphatic heterocycles. The van der Waals surface area contributed by atoms with E-state index in [1.165, 1.54) is 19.3 Å². The van der Waals surface area contributed by atoms with E-state index in [1.54, 1.807) is 24.3 Å². The maximum atomic E-state index is 13.0. The Kier molecular flexibility index (Phi) is 42.6. The summed E-state index contributed by atoms with van der Waals surface area (Å²) in [6.07, 6.45) is 46.8. The number of ether oxygens (including phenoxy) is 2. The van der Waals surface area contributed by atoms with Gasteiger partial charge in [-0.25, -0.2) is 9.13 Å². The van der Waals surface area contributed by atoms with Gasteiger partial charge in [0, 0.05) is 23.8 Å². The number of carbonyl (C=O) groups excluding carboxylic acids is 2. The van der Waals surface area contributed by atoms with Crippen LogP contribution in [0.25, 0.3) is 0 Å². The number of rotatable bonds is 44. The SMILES string of the molecule is CC/C=C\C/C=C\C/C=C\C/C=C\C/C=C\C/C=C\CCC(=O)O[C@H](COC(=O)[C@@H](N)CS[C@H](/C=C/C=C/C=C\C/C=C\CCCCC)[C@@H](O)CCCC(=O)O)COP(=O)(O)OC[C@@H](O)COP(=O)(O)O. The summed E-state index contributed by atoms with van der Waals surface area (Å²) in [6.45, 7) is 0.943. The summed E-state index contributed by atoms with van der Waals surface area (Å²) in [5.41, 5.74) is 6.15. The van der Waals surface area contributed by atoms with Crippen LogP contribution in [0.3, 0.4) is 0 Å². The number of hydrogen-bond donors (Lipinski definition) is 7. The zero-order chi connectivity index (χ0) is 52.9. The van der Waals surface area contributed by atoms with Gasteiger partial charge in [0.15, 0.2) is 6.10 Å². The predicted molar refractivity (Wildman–Crippen MR) is 281 cm³/mol. The number of aliphatic hydroxyl groups excluding tert-OH is 2. The van der Waals surface area contributed by atoms with Gasteiger partial charge >= 0.3 is 33.6 Å². The lowest BCUT2D eigenvalue weighted by atomic mass is 10.1. The number of aliphatic carboxylic acids is 1. The first-order valence-electron chi connectivity index (χ1n) is 24.2. The lowest BCUT2D eigenvalue weighted by molar-refractivity contribution is -0.161. The maximum Gasteiger partial charge on any atom is 0.472 e. The van der Waals surface area contributed by atoms with Gasteiger partial charge in [-0.2, -0.15) is 0 Å². The number of carboxylic acid groups (broad SMARTS) is 1. The van der Waals surface area contributed by atoms with Gasteiger partial charge in [0.05, 0.1) is 25.9 Å². The average molecular weight is 1060 g/mol. The summed E-state index contributed by atoms with van der Waals surface area (Å²) >= 11 is 1.14. The third-order valence-electron chi connectivity index (χ3n) is 9.33. The molecule has 20 heteroatoms. The molecule has 71 heavy (non-hydrogen) atoms. The van der Waals surface area contributed by atoms with Crippen molar-refractivity contribution in [3.05, 3.63) is 122 Å². The summed E-state index contributed by atoms with van der Waals surface area (Å²) in [5.74, 6) is -2.72. The molecule has 0 saturated heterocycles. The molecule has 0 heterocycles. The number of nitrogens with two attached hydrogens (primary N) is 1. The minimum absolute atomic E-state index is 0.0430. The minimum Gasteiger partial charge on any atom is -0.481 e. The van der Waals surface area contributed by atoms with E-state index in [2.05, 4.69) is 83.7 Å². The molecule has 8 N–H and O–H groups in total. The number of aliphatic hydroxyl groups is 2. The second-order valence-electron chi connectivity index (χ2n) is 15.9. The first-order chi connectivity index (χ1) is 34.0. The number of allylic oxidation sites excluding steroid dienone is 19. The zero-order valence-corrected chi connectivity index (χ0v) is 44.0. The molecule has 402 valence electrons. The number of phosphoric ester groups is 2. The Morgan fingerprint density at radius 3 is 1.73 bits per heavy atom. The highest BCUT2D eigenvalue weighted by Crippen LogP contribution is 2.44. The second kappa shape index (κ2) is 44.9. The number of unbranched alkanes of at least 4 members (excludes halogenated alkanes) is 3. The Hall–Kier alpha value is -3.74. The molecule has 6 atom stereocenters. The molecular formula is C51H81NO16P2S. The average Bonchev–Trinajstić information content (AvgIpc) is 3.32. The molecule has 1 unspecified atom stereocenters. The molecule has 0 spiro atoms. The number of phosphoric acid groups is 2. The Labute approximate surface area is 425 Å². The van der Waals surface area contributed by atoms with E-state index in [1.807, 2.05) is 36.5 Å². The molecule has 0 aromatic heterocycles. The molecule has 0 bridgehead atoms. The van der Waals surface area contributed by atoms with Crippen molar-refractivity contribution in [2.45, 2.75) is 146 Å². The first-order valence-corrected chi connectivity index (χ1v) is 28.2. The first kappa shape index (κ1) is 67.3. The van der Waals surface area contributed by atoms with E-state index < -0.39 is 89.6 Å². The van der Waals surface area contributed by atoms with E-state index in [4.69, 9.17) is 34.6 Å². The van der Waals surface area contributed by atoms with Crippen LogP contribution in [0.2, 0.25) is 0 Å². The lowest BCUT2D eigenvalue weighted by Crippen LogP contribution is -2.38. The van der Waals surface area contributed by atoms with Gasteiger partial charge in [0.2, 0.25) is 0 Å². The number of esters is 2. The summed E-state index contributed by atoms with van der Waals surface area (Å²) in [4.78, 5) is 64.7. The van der Waals surface area contributed by atoms with E-state index in [9.17, 15) is 38.6 Å². The summed E-state index contributed by atoms with van der Waals surface area (Å²) < 4.78 is 47.9. The van der Waals surface area contributed by atoms with Crippen LogP contribution in [0.5, 0.6) is 0 Å². The Morgan fingerprint density at radius 2 is 1.15 bits per heavy atom. The Morgan fingerprint density at radius 1 is 0.620 bits per heavy atom. The van der Waals surface area contributed by atoms with Crippen LogP contribution in [-0.2, 0) is 46.6 Å². The van der Waals surface area contributed by atoms with Gasteiger partial charge in [-0.1, -0.05) is 148 Å². The van der Waals surface area contributed by atoms with E-state index in [-0.39, 0.29) is 37.9 Å². The van der Waals surface area contributed by atoms with Crippen LogP contribution in [0.4, 0.5) is 0 Å². The van der Waals surface area contributed by atoms with Crippen molar-refractivity contribution in [2.24, 2.45) is 5.73 Å². The number of hydrogen-bond acceptors (Lipinski definition) is 14. The molecule has 0 rings (SSSR count). The normalized spacial score (nSPS) is 16.1.